The predicted molar refractivity (Wildman–Crippen MR) is 130 cm³/mol. The van der Waals surface area contributed by atoms with Crippen molar-refractivity contribution in [3.05, 3.63) is 89.0 Å². The molecule has 0 heterocycles. The highest BCUT2D eigenvalue weighted by Crippen LogP contribution is 2.39. The Labute approximate surface area is 195 Å². The van der Waals surface area contributed by atoms with Crippen LogP contribution in [0.25, 0.3) is 0 Å². The number of nitrogens with zero attached hydrogens (tertiary/aromatic N) is 1. The summed E-state index contributed by atoms with van der Waals surface area (Å²) in [7, 11) is -3.89. The normalized spacial score (nSPS) is 11.8. The molecule has 6 nitrogen and oxygen atoms in total. The molecular formula is C26H29NO5S. The van der Waals surface area contributed by atoms with Gasteiger partial charge < -0.3 is 9.84 Å². The molecule has 0 bridgehead atoms. The van der Waals surface area contributed by atoms with Crippen molar-refractivity contribution in [3.63, 3.8) is 0 Å². The fraction of sp³-hybridized carbons (Fsp3) is 0.269. The second kappa shape index (κ2) is 9.27. The lowest BCUT2D eigenvalue weighted by atomic mass is 10.1. The number of benzene rings is 3. The number of sulfonamides is 1. The molecule has 3 rings (SSSR count). The van der Waals surface area contributed by atoms with E-state index in [1.807, 2.05) is 45.9 Å². The van der Waals surface area contributed by atoms with Gasteiger partial charge in [0.1, 0.15) is 12.4 Å². The molecule has 0 aliphatic heterocycles. The van der Waals surface area contributed by atoms with E-state index in [1.165, 1.54) is 16.4 Å². The molecule has 174 valence electrons. The van der Waals surface area contributed by atoms with Gasteiger partial charge in [-0.25, -0.2) is 13.2 Å². The standard InChI is InChI=1S/C26H29NO5S/c1-18-10-15-23(32-17-20-11-13-21(14-12-20)25(28)29)22(16-18)27(26(3,4)5)33(30,31)24-9-7-6-8-19(24)2/h6-16H,17H2,1-5H3,(H,28,29). The molecule has 0 aromatic heterocycles. The van der Waals surface area contributed by atoms with Crippen LogP contribution < -0.4 is 9.04 Å². The second-order valence-electron chi connectivity index (χ2n) is 8.97. The lowest BCUT2D eigenvalue weighted by molar-refractivity contribution is 0.0697. The van der Waals surface area contributed by atoms with E-state index in [2.05, 4.69) is 0 Å². The zero-order valence-electron chi connectivity index (χ0n) is 19.5. The van der Waals surface area contributed by atoms with Gasteiger partial charge in [0.25, 0.3) is 10.0 Å². The number of hydrogen-bond donors (Lipinski definition) is 1. The first kappa shape index (κ1) is 24.3. The van der Waals surface area contributed by atoms with E-state index < -0.39 is 21.5 Å². The average molecular weight is 468 g/mol. The van der Waals surface area contributed by atoms with E-state index in [4.69, 9.17) is 9.84 Å². The third-order valence-corrected chi connectivity index (χ3v) is 7.39. The number of carboxylic acid groups (broad SMARTS) is 1. The Morgan fingerprint density at radius 1 is 0.970 bits per heavy atom. The van der Waals surface area contributed by atoms with Crippen molar-refractivity contribution < 1.29 is 23.1 Å². The number of carbonyl (C=O) groups is 1. The van der Waals surface area contributed by atoms with E-state index in [1.54, 1.807) is 43.3 Å². The second-order valence-corrected chi connectivity index (χ2v) is 10.7. The number of anilines is 1. The van der Waals surface area contributed by atoms with Crippen LogP contribution in [0.1, 0.15) is 47.8 Å². The Bertz CT molecular complexity index is 1260. The molecule has 7 heteroatoms. The van der Waals surface area contributed by atoms with Gasteiger partial charge >= 0.3 is 5.97 Å². The van der Waals surface area contributed by atoms with Crippen molar-refractivity contribution in [3.8, 4) is 5.75 Å². The molecule has 3 aromatic rings. The molecule has 3 aromatic carbocycles. The van der Waals surface area contributed by atoms with Crippen LogP contribution in [0, 0.1) is 13.8 Å². The minimum Gasteiger partial charge on any atom is -0.487 e. The maximum atomic E-state index is 13.9. The van der Waals surface area contributed by atoms with Crippen molar-refractivity contribution in [2.75, 3.05) is 4.31 Å². The Balaban J connectivity index is 2.04. The van der Waals surface area contributed by atoms with Gasteiger partial charge in [0, 0.05) is 5.54 Å². The molecule has 0 amide bonds. The fourth-order valence-corrected chi connectivity index (χ4v) is 5.65. The van der Waals surface area contributed by atoms with Gasteiger partial charge in [-0.3, -0.25) is 4.31 Å². The summed E-state index contributed by atoms with van der Waals surface area (Å²) in [6, 6.07) is 18.8. The predicted octanol–water partition coefficient (Wildman–Crippen LogP) is 5.57. The van der Waals surface area contributed by atoms with Crippen LogP contribution in [0.15, 0.2) is 71.6 Å². The van der Waals surface area contributed by atoms with Gasteiger partial charge in [-0.05, 0) is 81.6 Å². The van der Waals surface area contributed by atoms with E-state index >= 15 is 0 Å². The van der Waals surface area contributed by atoms with Crippen LogP contribution in [0.4, 0.5) is 5.69 Å². The molecule has 33 heavy (non-hydrogen) atoms. The van der Waals surface area contributed by atoms with Crippen LogP contribution in [0.5, 0.6) is 5.75 Å². The Morgan fingerprint density at radius 2 is 1.61 bits per heavy atom. The van der Waals surface area contributed by atoms with E-state index in [0.717, 1.165) is 11.1 Å². The van der Waals surface area contributed by atoms with E-state index in [-0.39, 0.29) is 17.1 Å². The molecule has 0 atom stereocenters. The molecule has 1 N–H and O–H groups in total. The maximum Gasteiger partial charge on any atom is 0.335 e. The van der Waals surface area contributed by atoms with Gasteiger partial charge in [-0.1, -0.05) is 36.4 Å². The number of aryl methyl sites for hydroxylation is 2. The molecule has 0 radical (unpaired) electrons. The smallest absolute Gasteiger partial charge is 0.335 e. The first-order chi connectivity index (χ1) is 15.4. The Hall–Kier alpha value is -3.32. The van der Waals surface area contributed by atoms with Crippen molar-refractivity contribution >= 4 is 21.7 Å². The van der Waals surface area contributed by atoms with Crippen LogP contribution in [-0.2, 0) is 16.6 Å². The highest BCUT2D eigenvalue weighted by Gasteiger charge is 2.37. The van der Waals surface area contributed by atoms with Gasteiger partial charge in [-0.2, -0.15) is 0 Å². The first-order valence-corrected chi connectivity index (χ1v) is 12.0. The number of carboxylic acids is 1. The van der Waals surface area contributed by atoms with Crippen LogP contribution in [-0.4, -0.2) is 25.0 Å². The van der Waals surface area contributed by atoms with Crippen LogP contribution in [0.3, 0.4) is 0 Å². The van der Waals surface area contributed by atoms with Crippen molar-refractivity contribution in [1.29, 1.82) is 0 Å². The molecule has 0 aliphatic carbocycles. The first-order valence-electron chi connectivity index (χ1n) is 10.6. The zero-order chi connectivity index (χ0) is 24.4. The number of ether oxygens (including phenoxy) is 1. The quantitative estimate of drug-likeness (QED) is 0.491. The van der Waals surface area contributed by atoms with Gasteiger partial charge in [-0.15, -0.1) is 0 Å². The summed E-state index contributed by atoms with van der Waals surface area (Å²) < 4.78 is 35.2. The summed E-state index contributed by atoms with van der Waals surface area (Å²) in [5, 5.41) is 9.08. The van der Waals surface area contributed by atoms with E-state index in [9.17, 15) is 13.2 Å². The monoisotopic (exact) mass is 467 g/mol. The summed E-state index contributed by atoms with van der Waals surface area (Å²) in [5.74, 6) is -0.569. The van der Waals surface area contributed by atoms with Crippen molar-refractivity contribution in [2.24, 2.45) is 0 Å². The molecule has 0 fully saturated rings. The van der Waals surface area contributed by atoms with Gasteiger partial charge in [0.2, 0.25) is 0 Å². The zero-order valence-corrected chi connectivity index (χ0v) is 20.3. The van der Waals surface area contributed by atoms with Gasteiger partial charge in [0.05, 0.1) is 16.1 Å². The number of aromatic carboxylic acids is 1. The third kappa shape index (κ3) is 5.37. The molecular weight excluding hydrogens is 438 g/mol. The summed E-state index contributed by atoms with van der Waals surface area (Å²) in [6.45, 7) is 9.39. The average Bonchev–Trinajstić information content (AvgIpc) is 2.72. The fourth-order valence-electron chi connectivity index (χ4n) is 3.61. The minimum absolute atomic E-state index is 0.165. The van der Waals surface area contributed by atoms with E-state index in [0.29, 0.717) is 17.0 Å². The summed E-state index contributed by atoms with van der Waals surface area (Å²) in [5.41, 5.74) is 2.22. The highest BCUT2D eigenvalue weighted by molar-refractivity contribution is 7.93. The Kier molecular flexibility index (Phi) is 6.84. The lowest BCUT2D eigenvalue weighted by Gasteiger charge is -2.37. The van der Waals surface area contributed by atoms with Crippen molar-refractivity contribution in [1.82, 2.24) is 0 Å². The van der Waals surface area contributed by atoms with Crippen molar-refractivity contribution in [2.45, 2.75) is 51.7 Å². The summed E-state index contributed by atoms with van der Waals surface area (Å²) in [6.07, 6.45) is 0. The minimum atomic E-state index is -3.89. The number of rotatable bonds is 7. The molecule has 0 aliphatic rings. The van der Waals surface area contributed by atoms with Gasteiger partial charge in [0.15, 0.2) is 0 Å². The molecule has 0 saturated heterocycles. The van der Waals surface area contributed by atoms with Crippen LogP contribution in [0.2, 0.25) is 0 Å². The third-order valence-electron chi connectivity index (χ3n) is 5.15. The van der Waals surface area contributed by atoms with Crippen LogP contribution >= 0.6 is 0 Å². The lowest BCUT2D eigenvalue weighted by Crippen LogP contribution is -2.46. The highest BCUT2D eigenvalue weighted by atomic mass is 32.2. The molecule has 0 spiro atoms. The molecule has 0 unspecified atom stereocenters. The summed E-state index contributed by atoms with van der Waals surface area (Å²) in [4.78, 5) is 11.3. The molecule has 0 saturated carbocycles. The summed E-state index contributed by atoms with van der Waals surface area (Å²) >= 11 is 0. The SMILES string of the molecule is Cc1ccc(OCc2ccc(C(=O)O)cc2)c(N(C(C)(C)C)S(=O)(=O)c2ccccc2C)c1. The largest absolute Gasteiger partial charge is 0.487 e. The topological polar surface area (TPSA) is 83.9 Å². The number of hydrogen-bond acceptors (Lipinski definition) is 4. The maximum absolute atomic E-state index is 13.9. The Morgan fingerprint density at radius 3 is 2.18 bits per heavy atom.